The zero-order chi connectivity index (χ0) is 11.1. The van der Waals surface area contributed by atoms with E-state index in [4.69, 9.17) is 11.6 Å². The molecule has 7 heteroatoms. The van der Waals surface area contributed by atoms with Crippen molar-refractivity contribution in [3.8, 4) is 0 Å². The van der Waals surface area contributed by atoms with Crippen LogP contribution in [0.4, 0.5) is 8.78 Å². The van der Waals surface area contributed by atoms with E-state index >= 15 is 0 Å². The number of carbonyl (C=O) groups excluding carboxylic acids is 1. The van der Waals surface area contributed by atoms with E-state index in [1.165, 1.54) is 12.1 Å². The number of alkyl halides is 2. The summed E-state index contributed by atoms with van der Waals surface area (Å²) in [5.41, 5.74) is 0.0231. The molecule has 0 saturated carbocycles. The van der Waals surface area contributed by atoms with Gasteiger partial charge in [-0.05, 0) is 12.1 Å². The van der Waals surface area contributed by atoms with E-state index in [0.29, 0.717) is 0 Å². The SMILES string of the molecule is O=C(c1ccc(Cl)nn1)N1CC(F)(F)C1. The first-order valence-corrected chi connectivity index (χ1v) is 4.52. The Morgan fingerprint density at radius 1 is 1.40 bits per heavy atom. The van der Waals surface area contributed by atoms with Crippen LogP contribution in [0, 0.1) is 0 Å². The van der Waals surface area contributed by atoms with Gasteiger partial charge in [-0.3, -0.25) is 4.79 Å². The highest BCUT2D eigenvalue weighted by molar-refractivity contribution is 6.29. The second kappa shape index (κ2) is 3.37. The van der Waals surface area contributed by atoms with Crippen molar-refractivity contribution in [2.24, 2.45) is 0 Å². The molecule has 0 aromatic carbocycles. The maximum Gasteiger partial charge on any atom is 0.282 e. The van der Waals surface area contributed by atoms with E-state index in [1.54, 1.807) is 0 Å². The van der Waals surface area contributed by atoms with Crippen LogP contribution in [0.3, 0.4) is 0 Å². The van der Waals surface area contributed by atoms with Gasteiger partial charge in [-0.1, -0.05) is 11.6 Å². The molecule has 2 rings (SSSR count). The van der Waals surface area contributed by atoms with Crippen LogP contribution in [-0.2, 0) is 0 Å². The summed E-state index contributed by atoms with van der Waals surface area (Å²) in [4.78, 5) is 12.5. The normalized spacial score (nSPS) is 18.5. The molecule has 1 aromatic heterocycles. The molecule has 0 aliphatic carbocycles. The van der Waals surface area contributed by atoms with Gasteiger partial charge in [0, 0.05) is 0 Å². The average Bonchev–Trinajstić information content (AvgIpc) is 2.14. The van der Waals surface area contributed by atoms with Gasteiger partial charge in [0.25, 0.3) is 11.8 Å². The van der Waals surface area contributed by atoms with Gasteiger partial charge in [0.2, 0.25) is 0 Å². The lowest BCUT2D eigenvalue weighted by Crippen LogP contribution is -2.58. The summed E-state index contributed by atoms with van der Waals surface area (Å²) in [6.07, 6.45) is 0. The third kappa shape index (κ3) is 2.04. The van der Waals surface area contributed by atoms with Crippen molar-refractivity contribution in [3.05, 3.63) is 23.0 Å². The number of carbonyl (C=O) groups is 1. The summed E-state index contributed by atoms with van der Waals surface area (Å²) in [5, 5.41) is 7.12. The Morgan fingerprint density at radius 3 is 2.53 bits per heavy atom. The number of nitrogens with zero attached hydrogens (tertiary/aromatic N) is 3. The molecule has 1 fully saturated rings. The van der Waals surface area contributed by atoms with Crippen LogP contribution >= 0.6 is 11.6 Å². The molecule has 2 heterocycles. The van der Waals surface area contributed by atoms with Gasteiger partial charge < -0.3 is 4.90 Å². The quantitative estimate of drug-likeness (QED) is 0.733. The zero-order valence-corrected chi connectivity index (χ0v) is 8.21. The Balaban J connectivity index is 2.07. The molecule has 1 aliphatic heterocycles. The number of aromatic nitrogens is 2. The molecule has 0 radical (unpaired) electrons. The van der Waals surface area contributed by atoms with Crippen LogP contribution in [0.5, 0.6) is 0 Å². The van der Waals surface area contributed by atoms with Crippen molar-refractivity contribution < 1.29 is 13.6 Å². The summed E-state index contributed by atoms with van der Waals surface area (Å²) < 4.78 is 25.0. The van der Waals surface area contributed by atoms with Gasteiger partial charge in [-0.25, -0.2) is 8.78 Å². The molecule has 0 spiro atoms. The fraction of sp³-hybridized carbons (Fsp3) is 0.375. The summed E-state index contributed by atoms with van der Waals surface area (Å²) >= 11 is 5.47. The molecule has 80 valence electrons. The summed E-state index contributed by atoms with van der Waals surface area (Å²) in [6, 6.07) is 2.74. The van der Waals surface area contributed by atoms with Gasteiger partial charge in [0.1, 0.15) is 0 Å². The molecule has 0 unspecified atom stereocenters. The lowest BCUT2D eigenvalue weighted by Gasteiger charge is -2.38. The molecule has 1 aliphatic rings. The Hall–Kier alpha value is -1.30. The molecule has 15 heavy (non-hydrogen) atoms. The predicted molar refractivity (Wildman–Crippen MR) is 47.9 cm³/mol. The number of amides is 1. The van der Waals surface area contributed by atoms with Crippen molar-refractivity contribution in [1.29, 1.82) is 0 Å². The van der Waals surface area contributed by atoms with E-state index in [9.17, 15) is 13.6 Å². The Labute approximate surface area is 88.8 Å². The summed E-state index contributed by atoms with van der Waals surface area (Å²) in [6.45, 7) is -1.12. The lowest BCUT2D eigenvalue weighted by atomic mass is 10.1. The predicted octanol–water partition coefficient (Wildman–Crippen LogP) is 1.22. The number of hydrogen-bond donors (Lipinski definition) is 0. The number of halogens is 3. The Kier molecular flexibility index (Phi) is 2.30. The van der Waals surface area contributed by atoms with E-state index in [2.05, 4.69) is 10.2 Å². The van der Waals surface area contributed by atoms with Crippen LogP contribution in [0.1, 0.15) is 10.5 Å². The van der Waals surface area contributed by atoms with Crippen molar-refractivity contribution in [3.63, 3.8) is 0 Å². The van der Waals surface area contributed by atoms with E-state index in [0.717, 1.165) is 4.90 Å². The van der Waals surface area contributed by atoms with E-state index < -0.39 is 24.9 Å². The van der Waals surface area contributed by atoms with E-state index in [-0.39, 0.29) is 10.8 Å². The second-order valence-corrected chi connectivity index (χ2v) is 3.65. The lowest BCUT2D eigenvalue weighted by molar-refractivity contribution is -0.113. The zero-order valence-electron chi connectivity index (χ0n) is 7.45. The van der Waals surface area contributed by atoms with Gasteiger partial charge in [0.15, 0.2) is 10.8 Å². The van der Waals surface area contributed by atoms with Crippen molar-refractivity contribution in [2.45, 2.75) is 5.92 Å². The van der Waals surface area contributed by atoms with Crippen LogP contribution in [-0.4, -0.2) is 40.0 Å². The van der Waals surface area contributed by atoms with Crippen LogP contribution in [0.15, 0.2) is 12.1 Å². The third-order valence-corrected chi connectivity index (χ3v) is 2.18. The Morgan fingerprint density at radius 2 is 2.07 bits per heavy atom. The fourth-order valence-corrected chi connectivity index (χ4v) is 1.35. The average molecular weight is 234 g/mol. The molecule has 0 atom stereocenters. The number of hydrogen-bond acceptors (Lipinski definition) is 3. The first kappa shape index (κ1) is 10.2. The highest BCUT2D eigenvalue weighted by atomic mass is 35.5. The molecule has 1 amide bonds. The maximum absolute atomic E-state index is 12.5. The fourth-order valence-electron chi connectivity index (χ4n) is 1.25. The van der Waals surface area contributed by atoms with Gasteiger partial charge in [-0.2, -0.15) is 0 Å². The van der Waals surface area contributed by atoms with Crippen LogP contribution in [0.25, 0.3) is 0 Å². The van der Waals surface area contributed by atoms with E-state index in [1.807, 2.05) is 0 Å². The van der Waals surface area contributed by atoms with Gasteiger partial charge in [0.05, 0.1) is 13.1 Å². The number of likely N-dealkylation sites (tertiary alicyclic amines) is 1. The minimum absolute atomic E-state index is 0.0231. The minimum Gasteiger partial charge on any atom is -0.325 e. The van der Waals surface area contributed by atoms with Gasteiger partial charge >= 0.3 is 0 Å². The molecule has 0 bridgehead atoms. The standard InChI is InChI=1S/C8H6ClF2N3O/c9-6-2-1-5(12-13-6)7(15)14-3-8(10,11)4-14/h1-2H,3-4H2. The first-order valence-electron chi connectivity index (χ1n) is 4.14. The molecule has 0 N–H and O–H groups in total. The highest BCUT2D eigenvalue weighted by Gasteiger charge is 2.46. The summed E-state index contributed by atoms with van der Waals surface area (Å²) in [7, 11) is 0. The molecular formula is C8H6ClF2N3O. The molecular weight excluding hydrogens is 228 g/mol. The van der Waals surface area contributed by atoms with Gasteiger partial charge in [-0.15, -0.1) is 10.2 Å². The minimum atomic E-state index is -2.77. The first-order chi connectivity index (χ1) is 6.98. The smallest absolute Gasteiger partial charge is 0.282 e. The molecule has 4 nitrogen and oxygen atoms in total. The largest absolute Gasteiger partial charge is 0.325 e. The van der Waals surface area contributed by atoms with Crippen LogP contribution < -0.4 is 0 Å². The summed E-state index contributed by atoms with van der Waals surface area (Å²) in [5.74, 6) is -3.32. The third-order valence-electron chi connectivity index (χ3n) is 1.98. The Bertz CT molecular complexity index is 387. The van der Waals surface area contributed by atoms with Crippen molar-refractivity contribution in [2.75, 3.05) is 13.1 Å². The molecule has 1 aromatic rings. The molecule has 1 saturated heterocycles. The van der Waals surface area contributed by atoms with Crippen LogP contribution in [0.2, 0.25) is 5.15 Å². The van der Waals surface area contributed by atoms with Crippen molar-refractivity contribution in [1.82, 2.24) is 15.1 Å². The number of rotatable bonds is 1. The second-order valence-electron chi connectivity index (χ2n) is 3.26. The monoisotopic (exact) mass is 233 g/mol. The highest BCUT2D eigenvalue weighted by Crippen LogP contribution is 2.27. The maximum atomic E-state index is 12.5. The topological polar surface area (TPSA) is 46.1 Å². The van der Waals surface area contributed by atoms with Crippen molar-refractivity contribution >= 4 is 17.5 Å².